The van der Waals surface area contributed by atoms with Crippen LogP contribution >= 0.6 is 11.3 Å². The van der Waals surface area contributed by atoms with Gasteiger partial charge in [0, 0.05) is 18.4 Å². The number of thiophene rings is 1. The fourth-order valence-corrected chi connectivity index (χ4v) is 2.62. The van der Waals surface area contributed by atoms with Gasteiger partial charge in [0.15, 0.2) is 6.29 Å². The van der Waals surface area contributed by atoms with Crippen molar-refractivity contribution in [2.45, 2.75) is 13.0 Å². The number of pyridine rings is 1. The van der Waals surface area contributed by atoms with Crippen LogP contribution in [0.4, 0.5) is 5.69 Å². The molecule has 2 heterocycles. The predicted octanol–water partition coefficient (Wildman–Crippen LogP) is 2.77. The molecule has 0 aliphatic rings. The number of hydrogen-bond donors (Lipinski definition) is 1. The summed E-state index contributed by atoms with van der Waals surface area (Å²) in [5.41, 5.74) is 2.15. The summed E-state index contributed by atoms with van der Waals surface area (Å²) in [6.07, 6.45) is 4.29. The Balaban J connectivity index is 2.02. The van der Waals surface area contributed by atoms with E-state index in [0.717, 1.165) is 16.7 Å². The first kappa shape index (κ1) is 15.2. The van der Waals surface area contributed by atoms with Crippen molar-refractivity contribution in [3.8, 4) is 0 Å². The summed E-state index contributed by atoms with van der Waals surface area (Å²) in [5.74, 6) is 0. The van der Waals surface area contributed by atoms with Crippen molar-refractivity contribution in [3.63, 3.8) is 0 Å². The predicted molar refractivity (Wildman–Crippen MR) is 86.8 cm³/mol. The van der Waals surface area contributed by atoms with Crippen molar-refractivity contribution >= 4 is 35.7 Å². The zero-order chi connectivity index (χ0) is 15.1. The number of nitrogens with one attached hydrogen (secondary N) is 1. The molecule has 1 atom stereocenters. The highest BCUT2D eigenvalue weighted by Crippen LogP contribution is 2.25. The Kier molecular flexibility index (Phi) is 5.48. The molecular weight excluding hydrogens is 284 g/mol. The summed E-state index contributed by atoms with van der Waals surface area (Å²) in [6.45, 7) is 5.86. The molecule has 5 nitrogen and oxygen atoms in total. The van der Waals surface area contributed by atoms with E-state index in [-0.39, 0.29) is 6.04 Å². The van der Waals surface area contributed by atoms with Crippen molar-refractivity contribution in [3.05, 3.63) is 46.4 Å². The third-order valence-electron chi connectivity index (χ3n) is 2.99. The molecule has 0 aliphatic carbocycles. The highest BCUT2D eigenvalue weighted by Gasteiger charge is 2.10. The molecule has 0 amide bonds. The van der Waals surface area contributed by atoms with Crippen LogP contribution in [0.25, 0.3) is 0 Å². The Morgan fingerprint density at radius 1 is 1.57 bits per heavy atom. The second-order valence-corrected chi connectivity index (χ2v) is 5.24. The highest BCUT2D eigenvalue weighted by atomic mass is 32.1. The van der Waals surface area contributed by atoms with E-state index in [1.54, 1.807) is 12.4 Å². The van der Waals surface area contributed by atoms with Crippen molar-refractivity contribution in [1.29, 1.82) is 0 Å². The summed E-state index contributed by atoms with van der Waals surface area (Å²) >= 11 is 1.43. The van der Waals surface area contributed by atoms with Gasteiger partial charge in [0.05, 0.1) is 17.2 Å². The molecular formula is C15H16N4OS. The lowest BCUT2D eigenvalue weighted by Crippen LogP contribution is -2.20. The van der Waals surface area contributed by atoms with Gasteiger partial charge in [-0.3, -0.25) is 25.1 Å². The molecule has 2 aromatic heterocycles. The Hall–Kier alpha value is -2.18. The topological polar surface area (TPSA) is 66.7 Å². The van der Waals surface area contributed by atoms with Crippen LogP contribution in [0.3, 0.4) is 0 Å². The lowest BCUT2D eigenvalue weighted by atomic mass is 10.1. The smallest absolute Gasteiger partial charge is 0.169 e. The molecule has 0 radical (unpaired) electrons. The van der Waals surface area contributed by atoms with Crippen LogP contribution in [0, 0.1) is 0 Å². The van der Waals surface area contributed by atoms with E-state index in [2.05, 4.69) is 27.0 Å². The summed E-state index contributed by atoms with van der Waals surface area (Å²) in [6, 6.07) is 5.81. The van der Waals surface area contributed by atoms with Crippen molar-refractivity contribution in [1.82, 2.24) is 10.3 Å². The number of rotatable bonds is 7. The number of carbonyl (C=O) groups excluding carboxylic acids is 1. The minimum Gasteiger partial charge on any atom is -0.296 e. The van der Waals surface area contributed by atoms with Crippen LogP contribution in [-0.2, 0) is 4.79 Å². The SMILES string of the molecule is C=Nc1ccsc1C(C=O)=NCNC(C)c1cccnc1. The summed E-state index contributed by atoms with van der Waals surface area (Å²) < 4.78 is 0. The van der Waals surface area contributed by atoms with Gasteiger partial charge in [-0.25, -0.2) is 0 Å². The second-order valence-electron chi connectivity index (χ2n) is 4.32. The van der Waals surface area contributed by atoms with Crippen LogP contribution in [0.2, 0.25) is 0 Å². The zero-order valence-corrected chi connectivity index (χ0v) is 12.5. The molecule has 0 saturated carbocycles. The van der Waals surface area contributed by atoms with E-state index in [4.69, 9.17) is 0 Å². The first-order chi connectivity index (χ1) is 10.3. The van der Waals surface area contributed by atoms with Crippen LogP contribution in [0.15, 0.2) is 46.0 Å². The molecule has 0 spiro atoms. The Bertz CT molecular complexity index is 636. The molecule has 108 valence electrons. The molecule has 2 aromatic rings. The zero-order valence-electron chi connectivity index (χ0n) is 11.7. The van der Waals surface area contributed by atoms with Gasteiger partial charge < -0.3 is 0 Å². The van der Waals surface area contributed by atoms with E-state index in [9.17, 15) is 4.79 Å². The first-order valence-electron chi connectivity index (χ1n) is 6.43. The minimum atomic E-state index is 0.107. The molecule has 1 unspecified atom stereocenters. The molecule has 2 rings (SSSR count). The van der Waals surface area contributed by atoms with Crippen LogP contribution in [0.1, 0.15) is 23.4 Å². The average molecular weight is 300 g/mol. The lowest BCUT2D eigenvalue weighted by Gasteiger charge is -2.11. The van der Waals surface area contributed by atoms with Gasteiger partial charge in [0.2, 0.25) is 0 Å². The maximum atomic E-state index is 11.2. The van der Waals surface area contributed by atoms with Gasteiger partial charge in [-0.1, -0.05) is 6.07 Å². The molecule has 0 aliphatic heterocycles. The van der Waals surface area contributed by atoms with Gasteiger partial charge in [-0.2, -0.15) is 0 Å². The van der Waals surface area contributed by atoms with Gasteiger partial charge in [0.25, 0.3) is 0 Å². The largest absolute Gasteiger partial charge is 0.296 e. The fourth-order valence-electron chi connectivity index (χ4n) is 1.80. The van der Waals surface area contributed by atoms with Gasteiger partial charge >= 0.3 is 0 Å². The number of aliphatic imine (C=N–C) groups is 2. The normalized spacial score (nSPS) is 12.9. The molecule has 0 aromatic carbocycles. The molecule has 6 heteroatoms. The monoisotopic (exact) mass is 300 g/mol. The van der Waals surface area contributed by atoms with Crippen molar-refractivity contribution in [2.75, 3.05) is 6.67 Å². The quantitative estimate of drug-likeness (QED) is 0.631. The minimum absolute atomic E-state index is 0.107. The van der Waals surface area contributed by atoms with E-state index in [1.807, 2.05) is 30.5 Å². The molecule has 21 heavy (non-hydrogen) atoms. The first-order valence-corrected chi connectivity index (χ1v) is 7.31. The highest BCUT2D eigenvalue weighted by molar-refractivity contribution is 7.13. The third kappa shape index (κ3) is 3.90. The maximum Gasteiger partial charge on any atom is 0.169 e. The lowest BCUT2D eigenvalue weighted by molar-refractivity contribution is -0.102. The van der Waals surface area contributed by atoms with Crippen molar-refractivity contribution in [2.24, 2.45) is 9.98 Å². The maximum absolute atomic E-state index is 11.2. The van der Waals surface area contributed by atoms with Crippen molar-refractivity contribution < 1.29 is 4.79 Å². The number of aldehydes is 1. The Labute approximate surface area is 127 Å². The van der Waals surface area contributed by atoms with E-state index in [0.29, 0.717) is 18.1 Å². The number of hydrogen-bond acceptors (Lipinski definition) is 6. The summed E-state index contributed by atoms with van der Waals surface area (Å²) in [5, 5.41) is 5.10. The second kappa shape index (κ2) is 7.56. The summed E-state index contributed by atoms with van der Waals surface area (Å²) in [7, 11) is 0. The van der Waals surface area contributed by atoms with E-state index >= 15 is 0 Å². The van der Waals surface area contributed by atoms with Gasteiger partial charge in [-0.15, -0.1) is 11.3 Å². The fraction of sp³-hybridized carbons (Fsp3) is 0.200. The Morgan fingerprint density at radius 3 is 3.10 bits per heavy atom. The average Bonchev–Trinajstić information content (AvgIpc) is 3.00. The molecule has 0 saturated heterocycles. The van der Waals surface area contributed by atoms with Crippen LogP contribution in [-0.4, -0.2) is 30.4 Å². The van der Waals surface area contributed by atoms with Crippen LogP contribution < -0.4 is 5.32 Å². The van der Waals surface area contributed by atoms with E-state index in [1.165, 1.54) is 11.3 Å². The van der Waals surface area contributed by atoms with Gasteiger partial charge in [0.1, 0.15) is 5.71 Å². The summed E-state index contributed by atoms with van der Waals surface area (Å²) in [4.78, 5) is 24.2. The molecule has 0 bridgehead atoms. The van der Waals surface area contributed by atoms with E-state index < -0.39 is 0 Å². The number of aromatic nitrogens is 1. The molecule has 0 fully saturated rings. The number of carbonyl (C=O) groups is 1. The molecule has 1 N–H and O–H groups in total. The Morgan fingerprint density at radius 2 is 2.43 bits per heavy atom. The number of nitrogens with zero attached hydrogens (tertiary/aromatic N) is 3. The van der Waals surface area contributed by atoms with Crippen LogP contribution in [0.5, 0.6) is 0 Å². The standard InChI is InChI=1S/C15H16N4OS/c1-11(12-4-3-6-17-8-12)18-10-19-14(9-20)15-13(16-2)5-7-21-15/h3-9,11,18H,2,10H2,1H3. The van der Waals surface area contributed by atoms with Gasteiger partial charge in [-0.05, 0) is 36.7 Å². The third-order valence-corrected chi connectivity index (χ3v) is 3.92.